The fourth-order valence-electron chi connectivity index (χ4n) is 1.26. The van der Waals surface area contributed by atoms with Gasteiger partial charge in [0, 0.05) is 31.1 Å². The Morgan fingerprint density at radius 2 is 2.38 bits per heavy atom. The van der Waals surface area contributed by atoms with Crippen LogP contribution in [-0.2, 0) is 10.5 Å². The van der Waals surface area contributed by atoms with Gasteiger partial charge in [-0.2, -0.15) is 4.98 Å². The van der Waals surface area contributed by atoms with Crippen LogP contribution in [0.25, 0.3) is 5.78 Å². The van der Waals surface area contributed by atoms with Crippen molar-refractivity contribution >= 4 is 22.7 Å². The first-order chi connectivity index (χ1) is 7.69. The highest BCUT2D eigenvalue weighted by atomic mass is 32.2. The molecule has 0 saturated heterocycles. The van der Waals surface area contributed by atoms with E-state index in [1.54, 1.807) is 24.5 Å². The summed E-state index contributed by atoms with van der Waals surface area (Å²) in [4.78, 5) is 19.3. The molecule has 0 saturated carbocycles. The number of rotatable bonds is 3. The molecule has 2 heterocycles. The summed E-state index contributed by atoms with van der Waals surface area (Å²) >= 11 is 1.24. The highest BCUT2D eigenvalue weighted by Gasteiger charge is 2.05. The number of methoxy groups -OCH3 is 1. The van der Waals surface area contributed by atoms with E-state index in [0.29, 0.717) is 17.4 Å². The van der Waals surface area contributed by atoms with Crippen LogP contribution in [0, 0.1) is 0 Å². The van der Waals surface area contributed by atoms with Gasteiger partial charge in [0.15, 0.2) is 5.12 Å². The van der Waals surface area contributed by atoms with Crippen LogP contribution in [0.3, 0.4) is 0 Å². The van der Waals surface area contributed by atoms with E-state index in [0.717, 1.165) is 5.69 Å². The van der Waals surface area contributed by atoms with Crippen molar-refractivity contribution in [3.63, 3.8) is 0 Å². The normalized spacial score (nSPS) is 10.6. The zero-order chi connectivity index (χ0) is 11.5. The van der Waals surface area contributed by atoms with Gasteiger partial charge in [-0.3, -0.25) is 9.20 Å². The van der Waals surface area contributed by atoms with Crippen LogP contribution in [0.1, 0.15) is 12.6 Å². The van der Waals surface area contributed by atoms with Crippen molar-refractivity contribution in [3.8, 4) is 5.88 Å². The van der Waals surface area contributed by atoms with Crippen LogP contribution in [0.15, 0.2) is 18.5 Å². The zero-order valence-electron chi connectivity index (χ0n) is 9.01. The van der Waals surface area contributed by atoms with Gasteiger partial charge in [0.2, 0.25) is 11.7 Å². The molecule has 0 aliphatic heterocycles. The molecular weight excluding hydrogens is 226 g/mol. The number of hydrogen-bond acceptors (Lipinski definition) is 5. The van der Waals surface area contributed by atoms with E-state index in [1.165, 1.54) is 11.8 Å². The molecular formula is C10H11N3O2S. The van der Waals surface area contributed by atoms with Crippen molar-refractivity contribution < 1.29 is 9.53 Å². The van der Waals surface area contributed by atoms with Crippen LogP contribution in [0.4, 0.5) is 0 Å². The van der Waals surface area contributed by atoms with Gasteiger partial charge in [0.25, 0.3) is 0 Å². The zero-order valence-corrected chi connectivity index (χ0v) is 9.82. The third kappa shape index (κ3) is 2.33. The molecule has 0 spiro atoms. The first-order valence-corrected chi connectivity index (χ1v) is 5.69. The molecule has 0 aromatic carbocycles. The van der Waals surface area contributed by atoms with Crippen LogP contribution in [-0.4, -0.2) is 26.6 Å². The van der Waals surface area contributed by atoms with Gasteiger partial charge in [-0.1, -0.05) is 11.8 Å². The Labute approximate surface area is 96.8 Å². The van der Waals surface area contributed by atoms with Gasteiger partial charge in [-0.25, -0.2) is 4.98 Å². The van der Waals surface area contributed by atoms with Gasteiger partial charge >= 0.3 is 0 Å². The molecule has 2 rings (SSSR count). The van der Waals surface area contributed by atoms with Crippen molar-refractivity contribution in [2.24, 2.45) is 0 Å². The van der Waals surface area contributed by atoms with Gasteiger partial charge in [-0.15, -0.1) is 0 Å². The third-order valence-corrected chi connectivity index (χ3v) is 2.83. The summed E-state index contributed by atoms with van der Waals surface area (Å²) in [6.07, 6.45) is 3.69. The fourth-order valence-corrected chi connectivity index (χ4v) is 1.75. The quantitative estimate of drug-likeness (QED) is 0.810. The van der Waals surface area contributed by atoms with Gasteiger partial charge in [0.1, 0.15) is 0 Å². The Morgan fingerprint density at radius 1 is 1.56 bits per heavy atom. The van der Waals surface area contributed by atoms with E-state index in [-0.39, 0.29) is 5.12 Å². The summed E-state index contributed by atoms with van der Waals surface area (Å²) in [7, 11) is 1.56. The first-order valence-electron chi connectivity index (χ1n) is 4.71. The SMILES string of the molecule is COc1ccn2cc(CSC(C)=O)nc2n1. The monoisotopic (exact) mass is 237 g/mol. The molecule has 0 bridgehead atoms. The first kappa shape index (κ1) is 10.9. The van der Waals surface area contributed by atoms with Crippen molar-refractivity contribution in [1.82, 2.24) is 14.4 Å². The lowest BCUT2D eigenvalue weighted by atomic mass is 10.5. The fraction of sp³-hybridized carbons (Fsp3) is 0.300. The van der Waals surface area contributed by atoms with E-state index in [9.17, 15) is 4.79 Å². The molecule has 16 heavy (non-hydrogen) atoms. The number of fused-ring (bicyclic) bond motifs is 1. The molecule has 0 unspecified atom stereocenters. The lowest BCUT2D eigenvalue weighted by Gasteiger charge is -1.96. The van der Waals surface area contributed by atoms with E-state index in [2.05, 4.69) is 9.97 Å². The Balaban J connectivity index is 2.25. The van der Waals surface area contributed by atoms with Gasteiger partial charge in [-0.05, 0) is 0 Å². The number of hydrogen-bond donors (Lipinski definition) is 0. The van der Waals surface area contributed by atoms with Crippen LogP contribution < -0.4 is 4.74 Å². The second-order valence-corrected chi connectivity index (χ2v) is 4.34. The van der Waals surface area contributed by atoms with Crippen molar-refractivity contribution in [2.75, 3.05) is 7.11 Å². The molecule has 0 fully saturated rings. The molecule has 0 atom stereocenters. The Hall–Kier alpha value is -1.56. The lowest BCUT2D eigenvalue weighted by Crippen LogP contribution is -1.91. The third-order valence-electron chi connectivity index (χ3n) is 1.98. The minimum atomic E-state index is 0.0857. The molecule has 5 nitrogen and oxygen atoms in total. The maximum absolute atomic E-state index is 10.8. The van der Waals surface area contributed by atoms with E-state index in [1.807, 2.05) is 12.4 Å². The summed E-state index contributed by atoms with van der Waals surface area (Å²) < 4.78 is 6.81. The summed E-state index contributed by atoms with van der Waals surface area (Å²) in [6.45, 7) is 1.54. The van der Waals surface area contributed by atoms with Gasteiger partial charge < -0.3 is 4.74 Å². The van der Waals surface area contributed by atoms with Crippen molar-refractivity contribution in [1.29, 1.82) is 0 Å². The molecule has 6 heteroatoms. The minimum absolute atomic E-state index is 0.0857. The molecule has 0 aliphatic carbocycles. The van der Waals surface area contributed by atoms with Crippen molar-refractivity contribution in [2.45, 2.75) is 12.7 Å². The average Bonchev–Trinajstić information content (AvgIpc) is 2.67. The number of nitrogens with zero attached hydrogens (tertiary/aromatic N) is 3. The molecule has 2 aromatic heterocycles. The molecule has 0 aliphatic rings. The second kappa shape index (κ2) is 4.52. The molecule has 0 radical (unpaired) electrons. The Kier molecular flexibility index (Phi) is 3.09. The summed E-state index contributed by atoms with van der Waals surface area (Å²) in [6, 6.07) is 1.76. The topological polar surface area (TPSA) is 56.5 Å². The average molecular weight is 237 g/mol. The standard InChI is InChI=1S/C10H11N3O2S/c1-7(14)16-6-8-5-13-4-3-9(15-2)12-10(13)11-8/h3-5H,6H2,1-2H3. The predicted molar refractivity (Wildman–Crippen MR) is 61.5 cm³/mol. The molecule has 0 N–H and O–H groups in total. The highest BCUT2D eigenvalue weighted by molar-refractivity contribution is 8.12. The number of aromatic nitrogens is 3. The summed E-state index contributed by atoms with van der Waals surface area (Å²) in [5.74, 6) is 1.68. The molecule has 0 amide bonds. The number of ether oxygens (including phenoxy) is 1. The largest absolute Gasteiger partial charge is 0.481 e. The Bertz CT molecular complexity index is 524. The van der Waals surface area contributed by atoms with Crippen LogP contribution >= 0.6 is 11.8 Å². The number of carbonyl (C=O) groups excluding carboxylic acids is 1. The maximum Gasteiger partial charge on any atom is 0.237 e. The Morgan fingerprint density at radius 3 is 3.06 bits per heavy atom. The minimum Gasteiger partial charge on any atom is -0.481 e. The lowest BCUT2D eigenvalue weighted by molar-refractivity contribution is -0.109. The number of thioether (sulfide) groups is 1. The maximum atomic E-state index is 10.8. The summed E-state index contributed by atoms with van der Waals surface area (Å²) in [5.41, 5.74) is 0.834. The highest BCUT2D eigenvalue weighted by Crippen LogP contribution is 2.14. The van der Waals surface area contributed by atoms with E-state index >= 15 is 0 Å². The van der Waals surface area contributed by atoms with Gasteiger partial charge in [0.05, 0.1) is 12.8 Å². The smallest absolute Gasteiger partial charge is 0.237 e. The van der Waals surface area contributed by atoms with E-state index in [4.69, 9.17) is 4.74 Å². The molecule has 84 valence electrons. The van der Waals surface area contributed by atoms with Crippen molar-refractivity contribution in [3.05, 3.63) is 24.2 Å². The van der Waals surface area contributed by atoms with E-state index < -0.39 is 0 Å². The molecule has 2 aromatic rings. The van der Waals surface area contributed by atoms with Crippen LogP contribution in [0.5, 0.6) is 5.88 Å². The number of carbonyl (C=O) groups is 1. The second-order valence-electron chi connectivity index (χ2n) is 3.19. The summed E-state index contributed by atoms with van der Waals surface area (Å²) in [5, 5.41) is 0.0857. The predicted octanol–water partition coefficient (Wildman–Crippen LogP) is 1.52. The van der Waals surface area contributed by atoms with Crippen LogP contribution in [0.2, 0.25) is 0 Å². The number of imidazole rings is 1.